The first kappa shape index (κ1) is 15.5. The van der Waals surface area contributed by atoms with E-state index in [2.05, 4.69) is 9.46 Å². The third kappa shape index (κ3) is 5.53. The summed E-state index contributed by atoms with van der Waals surface area (Å²) in [5.74, 6) is 0. The van der Waals surface area contributed by atoms with Crippen molar-refractivity contribution >= 4 is 27.9 Å². The lowest BCUT2D eigenvalue weighted by Gasteiger charge is -2.28. The highest BCUT2D eigenvalue weighted by molar-refractivity contribution is 7.88. The minimum atomic E-state index is -3.96. The maximum absolute atomic E-state index is 11.5. The van der Waals surface area contributed by atoms with Crippen molar-refractivity contribution in [3.8, 4) is 0 Å². The van der Waals surface area contributed by atoms with E-state index >= 15 is 0 Å². The number of halogens is 1. The Bertz CT molecular complexity index is 340. The molecule has 1 amide bonds. The standard InChI is InChI=1S/C8H17ClN2O4S/c1-5-15-7(12)10-16(13,14)11-8(3,4)6(2)9/h6,11H,5H2,1-4H3,(H,10,12). The molecule has 0 aromatic heterocycles. The van der Waals surface area contributed by atoms with Gasteiger partial charge in [-0.05, 0) is 27.7 Å². The van der Waals surface area contributed by atoms with Crippen molar-refractivity contribution in [3.63, 3.8) is 0 Å². The van der Waals surface area contributed by atoms with Crippen LogP contribution in [0.2, 0.25) is 0 Å². The molecule has 0 rings (SSSR count). The summed E-state index contributed by atoms with van der Waals surface area (Å²) >= 11 is 5.80. The van der Waals surface area contributed by atoms with Crippen LogP contribution in [0, 0.1) is 0 Å². The number of hydrogen-bond acceptors (Lipinski definition) is 4. The monoisotopic (exact) mass is 272 g/mol. The molecule has 0 saturated carbocycles. The molecule has 8 heteroatoms. The first-order valence-corrected chi connectivity index (χ1v) is 6.65. The van der Waals surface area contributed by atoms with Gasteiger partial charge in [-0.2, -0.15) is 13.1 Å². The third-order valence-electron chi connectivity index (χ3n) is 1.89. The van der Waals surface area contributed by atoms with Gasteiger partial charge in [-0.3, -0.25) is 0 Å². The smallest absolute Gasteiger partial charge is 0.421 e. The number of carbonyl (C=O) groups is 1. The molecule has 96 valence electrons. The quantitative estimate of drug-likeness (QED) is 0.731. The summed E-state index contributed by atoms with van der Waals surface area (Å²) in [6.07, 6.45) is -1.02. The molecule has 16 heavy (non-hydrogen) atoms. The Hall–Kier alpha value is -0.530. The number of carbonyl (C=O) groups excluding carboxylic acids is 1. The summed E-state index contributed by atoms with van der Waals surface area (Å²) in [5.41, 5.74) is -0.875. The zero-order chi connectivity index (χ0) is 13.0. The number of ether oxygens (including phenoxy) is 1. The van der Waals surface area contributed by atoms with Crippen molar-refractivity contribution in [2.75, 3.05) is 6.61 Å². The summed E-state index contributed by atoms with van der Waals surface area (Å²) in [4.78, 5) is 10.9. The van der Waals surface area contributed by atoms with Crippen molar-refractivity contribution < 1.29 is 17.9 Å². The highest BCUT2D eigenvalue weighted by atomic mass is 35.5. The van der Waals surface area contributed by atoms with Crippen molar-refractivity contribution in [1.82, 2.24) is 9.44 Å². The van der Waals surface area contributed by atoms with Gasteiger partial charge in [0.05, 0.1) is 6.61 Å². The van der Waals surface area contributed by atoms with E-state index in [-0.39, 0.29) is 6.61 Å². The average molecular weight is 273 g/mol. The number of amides is 1. The van der Waals surface area contributed by atoms with Crippen LogP contribution in [-0.2, 0) is 14.9 Å². The summed E-state index contributed by atoms with van der Waals surface area (Å²) in [5, 5.41) is -0.439. The summed E-state index contributed by atoms with van der Waals surface area (Å²) in [7, 11) is -3.96. The zero-order valence-corrected chi connectivity index (χ0v) is 11.3. The fourth-order valence-electron chi connectivity index (χ4n) is 0.723. The Balaban J connectivity index is 4.53. The third-order valence-corrected chi connectivity index (χ3v) is 3.66. The van der Waals surface area contributed by atoms with Gasteiger partial charge in [0.1, 0.15) is 0 Å². The van der Waals surface area contributed by atoms with Crippen LogP contribution in [0.5, 0.6) is 0 Å². The lowest BCUT2D eigenvalue weighted by molar-refractivity contribution is 0.158. The van der Waals surface area contributed by atoms with Crippen molar-refractivity contribution in [3.05, 3.63) is 0 Å². The van der Waals surface area contributed by atoms with Crippen LogP contribution in [0.25, 0.3) is 0 Å². The normalized spacial score (nSPS) is 14.3. The van der Waals surface area contributed by atoms with Gasteiger partial charge in [0.25, 0.3) is 0 Å². The molecule has 0 heterocycles. The second-order valence-corrected chi connectivity index (χ2v) is 5.84. The van der Waals surface area contributed by atoms with Crippen LogP contribution in [0.1, 0.15) is 27.7 Å². The molecular formula is C8H17ClN2O4S. The first-order chi connectivity index (χ1) is 7.10. The summed E-state index contributed by atoms with van der Waals surface area (Å²) in [6.45, 7) is 6.53. The van der Waals surface area contributed by atoms with Crippen LogP contribution in [0.15, 0.2) is 0 Å². The Morgan fingerprint density at radius 2 is 2.00 bits per heavy atom. The van der Waals surface area contributed by atoms with Crippen molar-refractivity contribution in [2.24, 2.45) is 0 Å². The van der Waals surface area contributed by atoms with E-state index < -0.39 is 27.2 Å². The van der Waals surface area contributed by atoms with Crippen LogP contribution >= 0.6 is 11.6 Å². The van der Waals surface area contributed by atoms with Crippen LogP contribution in [-0.4, -0.2) is 32.0 Å². The Kier molecular flexibility index (Phi) is 5.51. The molecule has 0 aliphatic rings. The second-order valence-electron chi connectivity index (χ2n) is 3.77. The molecule has 1 unspecified atom stereocenters. The Labute approximate surface area is 101 Å². The number of nitrogens with one attached hydrogen (secondary N) is 2. The lowest BCUT2D eigenvalue weighted by atomic mass is 10.0. The Morgan fingerprint density at radius 3 is 2.38 bits per heavy atom. The first-order valence-electron chi connectivity index (χ1n) is 4.73. The molecule has 0 aliphatic carbocycles. The maximum Gasteiger partial charge on any atom is 0.421 e. The molecule has 6 nitrogen and oxygen atoms in total. The fraction of sp³-hybridized carbons (Fsp3) is 0.875. The van der Waals surface area contributed by atoms with E-state index in [1.807, 2.05) is 0 Å². The molecule has 0 radical (unpaired) electrons. The van der Waals surface area contributed by atoms with Gasteiger partial charge in [-0.25, -0.2) is 9.52 Å². The van der Waals surface area contributed by atoms with Gasteiger partial charge in [-0.15, -0.1) is 11.6 Å². The molecule has 0 bridgehead atoms. The Morgan fingerprint density at radius 1 is 1.50 bits per heavy atom. The van der Waals surface area contributed by atoms with Crippen LogP contribution < -0.4 is 9.44 Å². The van der Waals surface area contributed by atoms with E-state index in [1.165, 1.54) is 0 Å². The zero-order valence-electron chi connectivity index (χ0n) is 9.70. The summed E-state index contributed by atoms with van der Waals surface area (Å²) < 4.78 is 31.3. The molecule has 2 N–H and O–H groups in total. The van der Waals surface area contributed by atoms with E-state index in [0.717, 1.165) is 0 Å². The predicted octanol–water partition coefficient (Wildman–Crippen LogP) is 0.973. The van der Waals surface area contributed by atoms with Crippen LogP contribution in [0.4, 0.5) is 4.79 Å². The van der Waals surface area contributed by atoms with Crippen molar-refractivity contribution in [2.45, 2.75) is 38.6 Å². The molecular weight excluding hydrogens is 256 g/mol. The molecule has 1 atom stereocenters. The number of rotatable bonds is 5. The second kappa shape index (κ2) is 5.70. The average Bonchev–Trinajstić information content (AvgIpc) is 1.99. The molecule has 0 fully saturated rings. The molecule has 0 aliphatic heterocycles. The fourth-order valence-corrected chi connectivity index (χ4v) is 2.04. The predicted molar refractivity (Wildman–Crippen MR) is 61.6 cm³/mol. The lowest BCUT2D eigenvalue weighted by Crippen LogP contribution is -2.53. The van der Waals surface area contributed by atoms with Crippen LogP contribution in [0.3, 0.4) is 0 Å². The minimum Gasteiger partial charge on any atom is -0.449 e. The largest absolute Gasteiger partial charge is 0.449 e. The summed E-state index contributed by atoms with van der Waals surface area (Å²) in [6, 6.07) is 0. The molecule has 0 spiro atoms. The topological polar surface area (TPSA) is 84.5 Å². The van der Waals surface area contributed by atoms with Gasteiger partial charge >= 0.3 is 16.3 Å². The van der Waals surface area contributed by atoms with E-state index in [0.29, 0.717) is 0 Å². The maximum atomic E-state index is 11.5. The van der Waals surface area contributed by atoms with Gasteiger partial charge in [0.15, 0.2) is 0 Å². The number of hydrogen-bond donors (Lipinski definition) is 2. The van der Waals surface area contributed by atoms with Crippen molar-refractivity contribution in [1.29, 1.82) is 0 Å². The highest BCUT2D eigenvalue weighted by Gasteiger charge is 2.30. The van der Waals surface area contributed by atoms with Gasteiger partial charge in [-0.1, -0.05) is 0 Å². The van der Waals surface area contributed by atoms with E-state index in [1.54, 1.807) is 32.4 Å². The van der Waals surface area contributed by atoms with Gasteiger partial charge in [0.2, 0.25) is 0 Å². The van der Waals surface area contributed by atoms with Gasteiger partial charge in [0, 0.05) is 10.9 Å². The van der Waals surface area contributed by atoms with Gasteiger partial charge < -0.3 is 4.74 Å². The highest BCUT2D eigenvalue weighted by Crippen LogP contribution is 2.15. The van der Waals surface area contributed by atoms with E-state index in [9.17, 15) is 13.2 Å². The molecule has 0 saturated heterocycles. The number of alkyl halides is 1. The van der Waals surface area contributed by atoms with E-state index in [4.69, 9.17) is 11.6 Å². The minimum absolute atomic E-state index is 0.0939. The SMILES string of the molecule is CCOC(=O)NS(=O)(=O)NC(C)(C)C(C)Cl. The molecule has 0 aromatic carbocycles. The molecule has 0 aromatic rings.